The summed E-state index contributed by atoms with van der Waals surface area (Å²) in [4.78, 5) is 12.2. The molecule has 1 unspecified atom stereocenters. The van der Waals surface area contributed by atoms with Gasteiger partial charge < -0.3 is 15.8 Å². The Balaban J connectivity index is 2.09. The lowest BCUT2D eigenvalue weighted by molar-refractivity contribution is -0.117. The Morgan fingerprint density at radius 1 is 1.24 bits per heavy atom. The zero-order valence-electron chi connectivity index (χ0n) is 12.3. The van der Waals surface area contributed by atoms with E-state index in [1.807, 2.05) is 62.4 Å². The van der Waals surface area contributed by atoms with E-state index in [-0.39, 0.29) is 5.91 Å². The molecule has 3 N–H and O–H groups in total. The minimum absolute atomic E-state index is 0.228. The number of benzene rings is 2. The summed E-state index contributed by atoms with van der Waals surface area (Å²) in [5, 5.41) is 2.86. The zero-order chi connectivity index (χ0) is 15.2. The van der Waals surface area contributed by atoms with Crippen LogP contribution in [0.5, 0.6) is 5.75 Å². The lowest BCUT2D eigenvalue weighted by Crippen LogP contribution is -2.27. The maximum absolute atomic E-state index is 12.2. The van der Waals surface area contributed by atoms with Crippen LogP contribution in [0.1, 0.15) is 24.1 Å². The topological polar surface area (TPSA) is 64.3 Å². The predicted octanol–water partition coefficient (Wildman–Crippen LogP) is 3.03. The van der Waals surface area contributed by atoms with E-state index in [0.717, 1.165) is 22.6 Å². The standard InChI is InChI=1S/C17H20N2O2/c1-3-21-14-9-10-15(12(2)11-14)19-17(20)16(18)13-7-5-4-6-8-13/h4-11,16H,3,18H2,1-2H3,(H,19,20). The van der Waals surface area contributed by atoms with Gasteiger partial charge in [0, 0.05) is 5.69 Å². The highest BCUT2D eigenvalue weighted by Gasteiger charge is 2.16. The molecule has 0 bridgehead atoms. The lowest BCUT2D eigenvalue weighted by Gasteiger charge is -2.15. The quantitative estimate of drug-likeness (QED) is 0.887. The van der Waals surface area contributed by atoms with Crippen LogP contribution in [0.25, 0.3) is 0 Å². The number of nitrogens with two attached hydrogens (primary N) is 1. The Bertz CT molecular complexity index is 611. The van der Waals surface area contributed by atoms with E-state index >= 15 is 0 Å². The van der Waals surface area contributed by atoms with Gasteiger partial charge in [0.1, 0.15) is 11.8 Å². The molecule has 0 spiro atoms. The second-order valence-corrected chi connectivity index (χ2v) is 4.79. The average molecular weight is 284 g/mol. The van der Waals surface area contributed by atoms with Crippen molar-refractivity contribution in [2.45, 2.75) is 19.9 Å². The summed E-state index contributed by atoms with van der Waals surface area (Å²) in [7, 11) is 0. The van der Waals surface area contributed by atoms with E-state index in [4.69, 9.17) is 10.5 Å². The molecular weight excluding hydrogens is 264 g/mol. The number of carbonyl (C=O) groups excluding carboxylic acids is 1. The number of hydrogen-bond acceptors (Lipinski definition) is 3. The van der Waals surface area contributed by atoms with Gasteiger partial charge in [0.2, 0.25) is 5.91 Å². The first-order valence-corrected chi connectivity index (χ1v) is 6.96. The molecule has 0 aromatic heterocycles. The van der Waals surface area contributed by atoms with Crippen LogP contribution in [-0.4, -0.2) is 12.5 Å². The van der Waals surface area contributed by atoms with E-state index < -0.39 is 6.04 Å². The second-order valence-electron chi connectivity index (χ2n) is 4.79. The molecular formula is C17H20N2O2. The number of hydrogen-bond donors (Lipinski definition) is 2. The monoisotopic (exact) mass is 284 g/mol. The highest BCUT2D eigenvalue weighted by molar-refractivity contribution is 5.96. The summed E-state index contributed by atoms with van der Waals surface area (Å²) in [5.41, 5.74) is 8.45. The molecule has 0 radical (unpaired) electrons. The minimum Gasteiger partial charge on any atom is -0.494 e. The summed E-state index contributed by atoms with van der Waals surface area (Å²) in [6, 6.07) is 14.2. The summed E-state index contributed by atoms with van der Waals surface area (Å²) in [6.45, 7) is 4.47. The van der Waals surface area contributed by atoms with Crippen LogP contribution in [0.4, 0.5) is 5.69 Å². The second kappa shape index (κ2) is 6.90. The van der Waals surface area contributed by atoms with Gasteiger partial charge in [-0.1, -0.05) is 30.3 Å². The summed E-state index contributed by atoms with van der Waals surface area (Å²) >= 11 is 0. The molecule has 4 nitrogen and oxygen atoms in total. The van der Waals surface area contributed by atoms with Gasteiger partial charge in [0.15, 0.2) is 0 Å². The summed E-state index contributed by atoms with van der Waals surface area (Å²) < 4.78 is 5.43. The maximum Gasteiger partial charge on any atom is 0.245 e. The largest absolute Gasteiger partial charge is 0.494 e. The Morgan fingerprint density at radius 2 is 1.95 bits per heavy atom. The van der Waals surface area contributed by atoms with Crippen molar-refractivity contribution in [2.75, 3.05) is 11.9 Å². The third-order valence-corrected chi connectivity index (χ3v) is 3.21. The fraction of sp³-hybridized carbons (Fsp3) is 0.235. The molecule has 0 aliphatic heterocycles. The Morgan fingerprint density at radius 3 is 2.57 bits per heavy atom. The summed E-state index contributed by atoms with van der Waals surface area (Å²) in [6.07, 6.45) is 0. The number of ether oxygens (including phenoxy) is 1. The first kappa shape index (κ1) is 15.1. The van der Waals surface area contributed by atoms with Gasteiger partial charge in [-0.15, -0.1) is 0 Å². The van der Waals surface area contributed by atoms with Crippen LogP contribution in [0.3, 0.4) is 0 Å². The van der Waals surface area contributed by atoms with Gasteiger partial charge in [-0.3, -0.25) is 4.79 Å². The Labute approximate surface area is 124 Å². The van der Waals surface area contributed by atoms with Crippen molar-refractivity contribution in [1.82, 2.24) is 0 Å². The molecule has 0 aliphatic carbocycles. The Kier molecular flexibility index (Phi) is 4.95. The van der Waals surface area contributed by atoms with Crippen LogP contribution in [0.15, 0.2) is 48.5 Å². The Hall–Kier alpha value is -2.33. The van der Waals surface area contributed by atoms with Gasteiger partial charge in [-0.05, 0) is 43.2 Å². The SMILES string of the molecule is CCOc1ccc(NC(=O)C(N)c2ccccc2)c(C)c1. The lowest BCUT2D eigenvalue weighted by atomic mass is 10.1. The third kappa shape index (κ3) is 3.83. The highest BCUT2D eigenvalue weighted by Crippen LogP contribution is 2.22. The van der Waals surface area contributed by atoms with Crippen LogP contribution < -0.4 is 15.8 Å². The van der Waals surface area contributed by atoms with Crippen molar-refractivity contribution in [3.63, 3.8) is 0 Å². The van der Waals surface area contributed by atoms with Gasteiger partial charge in [0.25, 0.3) is 0 Å². The van der Waals surface area contributed by atoms with Gasteiger partial charge in [-0.25, -0.2) is 0 Å². The molecule has 0 heterocycles. The van der Waals surface area contributed by atoms with E-state index in [1.54, 1.807) is 0 Å². The average Bonchev–Trinajstić information content (AvgIpc) is 2.50. The minimum atomic E-state index is -0.683. The third-order valence-electron chi connectivity index (χ3n) is 3.21. The zero-order valence-corrected chi connectivity index (χ0v) is 12.3. The molecule has 2 rings (SSSR count). The fourth-order valence-corrected chi connectivity index (χ4v) is 2.06. The first-order chi connectivity index (χ1) is 10.1. The maximum atomic E-state index is 12.2. The first-order valence-electron chi connectivity index (χ1n) is 6.96. The molecule has 1 atom stereocenters. The van der Waals surface area contributed by atoms with Gasteiger partial charge >= 0.3 is 0 Å². The smallest absolute Gasteiger partial charge is 0.245 e. The van der Waals surface area contributed by atoms with Gasteiger partial charge in [0.05, 0.1) is 6.61 Å². The molecule has 0 aliphatic rings. The highest BCUT2D eigenvalue weighted by atomic mass is 16.5. The number of carbonyl (C=O) groups is 1. The molecule has 2 aromatic carbocycles. The number of aryl methyl sites for hydroxylation is 1. The molecule has 0 fully saturated rings. The number of amides is 1. The molecule has 0 saturated carbocycles. The van der Waals surface area contributed by atoms with Crippen molar-refractivity contribution >= 4 is 11.6 Å². The summed E-state index contributed by atoms with van der Waals surface area (Å²) in [5.74, 6) is 0.564. The van der Waals surface area contributed by atoms with Crippen LogP contribution in [-0.2, 0) is 4.79 Å². The van der Waals surface area contributed by atoms with Gasteiger partial charge in [-0.2, -0.15) is 0 Å². The normalized spacial score (nSPS) is 11.8. The van der Waals surface area contributed by atoms with E-state index in [2.05, 4.69) is 5.32 Å². The van der Waals surface area contributed by atoms with E-state index in [9.17, 15) is 4.79 Å². The molecule has 1 amide bonds. The van der Waals surface area contributed by atoms with Crippen LogP contribution >= 0.6 is 0 Å². The molecule has 110 valence electrons. The van der Waals surface area contributed by atoms with E-state index in [1.165, 1.54) is 0 Å². The molecule has 21 heavy (non-hydrogen) atoms. The van der Waals surface area contributed by atoms with Crippen molar-refractivity contribution < 1.29 is 9.53 Å². The van der Waals surface area contributed by atoms with Crippen LogP contribution in [0.2, 0.25) is 0 Å². The van der Waals surface area contributed by atoms with Crippen molar-refractivity contribution in [1.29, 1.82) is 0 Å². The molecule has 4 heteroatoms. The van der Waals surface area contributed by atoms with Crippen LogP contribution in [0, 0.1) is 6.92 Å². The molecule has 2 aromatic rings. The van der Waals surface area contributed by atoms with E-state index in [0.29, 0.717) is 6.61 Å². The van der Waals surface area contributed by atoms with Crippen molar-refractivity contribution in [3.05, 3.63) is 59.7 Å². The number of anilines is 1. The number of nitrogens with one attached hydrogen (secondary N) is 1. The number of rotatable bonds is 5. The van der Waals surface area contributed by atoms with Crippen molar-refractivity contribution in [3.8, 4) is 5.75 Å². The molecule has 0 saturated heterocycles. The predicted molar refractivity (Wildman–Crippen MR) is 84.3 cm³/mol. The fourth-order valence-electron chi connectivity index (χ4n) is 2.06. The van der Waals surface area contributed by atoms with Crippen molar-refractivity contribution in [2.24, 2.45) is 5.73 Å².